The summed E-state index contributed by atoms with van der Waals surface area (Å²) in [4.78, 5) is 22.3. The summed E-state index contributed by atoms with van der Waals surface area (Å²) in [5.41, 5.74) is -0.314. The zero-order valence-electron chi connectivity index (χ0n) is 13.6. The number of carboxylic acid groups (broad SMARTS) is 1. The van der Waals surface area contributed by atoms with Gasteiger partial charge in [0.25, 0.3) is 0 Å². The monoisotopic (exact) mass is 286 g/mol. The fourth-order valence-corrected chi connectivity index (χ4v) is 1.79. The first-order chi connectivity index (χ1) is 9.10. The molecule has 118 valence electrons. The fourth-order valence-electron chi connectivity index (χ4n) is 1.79. The van der Waals surface area contributed by atoms with Gasteiger partial charge in [0, 0.05) is 11.4 Å². The van der Waals surface area contributed by atoms with Crippen molar-refractivity contribution in [2.24, 2.45) is 5.41 Å². The maximum atomic E-state index is 11.9. The van der Waals surface area contributed by atoms with Gasteiger partial charge in [0.1, 0.15) is 0 Å². The van der Waals surface area contributed by atoms with Crippen LogP contribution in [0.5, 0.6) is 0 Å². The highest BCUT2D eigenvalue weighted by atomic mass is 16.4. The van der Waals surface area contributed by atoms with Crippen molar-refractivity contribution in [2.75, 3.05) is 33.7 Å². The second-order valence-electron chi connectivity index (χ2n) is 6.71. The molecule has 5 nitrogen and oxygen atoms in total. The lowest BCUT2D eigenvalue weighted by Crippen LogP contribution is -2.47. The summed E-state index contributed by atoms with van der Waals surface area (Å²) in [7, 11) is 4.19. The Bertz CT molecular complexity index is 325. The van der Waals surface area contributed by atoms with Crippen molar-refractivity contribution in [3.05, 3.63) is 0 Å². The van der Waals surface area contributed by atoms with Gasteiger partial charge < -0.3 is 19.7 Å². The van der Waals surface area contributed by atoms with Crippen LogP contribution in [0.2, 0.25) is 0 Å². The Morgan fingerprint density at radius 1 is 1.15 bits per heavy atom. The molecule has 0 heterocycles. The number of hydrogen-bond donors (Lipinski definition) is 1. The molecular formula is C15H30N2O3. The molecule has 0 atom stereocenters. The number of carbonyl (C=O) groups excluding carboxylic acids is 2. The molecule has 1 amide bonds. The van der Waals surface area contributed by atoms with Crippen molar-refractivity contribution in [3.8, 4) is 0 Å². The molecule has 0 saturated heterocycles. The van der Waals surface area contributed by atoms with E-state index >= 15 is 0 Å². The zero-order valence-corrected chi connectivity index (χ0v) is 13.6. The van der Waals surface area contributed by atoms with Crippen LogP contribution >= 0.6 is 0 Å². The third-order valence-electron chi connectivity index (χ3n) is 3.90. The lowest BCUT2D eigenvalue weighted by molar-refractivity contribution is -0.889. The van der Waals surface area contributed by atoms with E-state index < -0.39 is 5.97 Å². The van der Waals surface area contributed by atoms with E-state index in [0.717, 1.165) is 30.4 Å². The number of nitrogens with zero attached hydrogens (tertiary/aromatic N) is 1. The molecule has 5 heteroatoms. The summed E-state index contributed by atoms with van der Waals surface area (Å²) in [5.74, 6) is -0.888. The number of nitrogens with one attached hydrogen (secondary N) is 1. The molecule has 0 radical (unpaired) electrons. The molecule has 0 rings (SSSR count). The fraction of sp³-hybridized carbons (Fsp3) is 0.867. The standard InChI is InChI=1S/C15H30N2O3/c1-6-15(2,3)14(20)16-10-12-17(4,5)11-8-7-9-13(18)19/h6-12H2,1-5H3,(H-,16,18,19,20). The third-order valence-corrected chi connectivity index (χ3v) is 3.90. The van der Waals surface area contributed by atoms with Crippen LogP contribution in [0.1, 0.15) is 46.5 Å². The van der Waals surface area contributed by atoms with Crippen molar-refractivity contribution in [2.45, 2.75) is 46.5 Å². The van der Waals surface area contributed by atoms with Crippen molar-refractivity contribution < 1.29 is 19.2 Å². The second-order valence-corrected chi connectivity index (χ2v) is 6.71. The van der Waals surface area contributed by atoms with Crippen molar-refractivity contribution >= 4 is 11.9 Å². The summed E-state index contributed by atoms with van der Waals surface area (Å²) in [6.45, 7) is 8.30. The highest BCUT2D eigenvalue weighted by Gasteiger charge is 2.25. The first kappa shape index (κ1) is 18.9. The number of carboxylic acids is 1. The predicted molar refractivity (Wildman–Crippen MR) is 77.8 cm³/mol. The summed E-state index contributed by atoms with van der Waals surface area (Å²) >= 11 is 0. The molecule has 0 saturated carbocycles. The van der Waals surface area contributed by atoms with Gasteiger partial charge in [-0.05, 0) is 25.7 Å². The van der Waals surface area contributed by atoms with Gasteiger partial charge >= 0.3 is 0 Å². The molecule has 0 fully saturated rings. The van der Waals surface area contributed by atoms with E-state index in [1.165, 1.54) is 0 Å². The second kappa shape index (κ2) is 8.25. The van der Waals surface area contributed by atoms with E-state index in [2.05, 4.69) is 19.4 Å². The minimum atomic E-state index is -0.982. The highest BCUT2D eigenvalue weighted by molar-refractivity contribution is 5.81. The summed E-state index contributed by atoms with van der Waals surface area (Å²) in [6, 6.07) is 0. The topological polar surface area (TPSA) is 69.2 Å². The van der Waals surface area contributed by atoms with Crippen LogP contribution in [-0.2, 0) is 9.59 Å². The Morgan fingerprint density at radius 3 is 2.25 bits per heavy atom. The molecule has 0 bridgehead atoms. The highest BCUT2D eigenvalue weighted by Crippen LogP contribution is 2.19. The van der Waals surface area contributed by atoms with Crippen LogP contribution < -0.4 is 10.4 Å². The van der Waals surface area contributed by atoms with E-state index in [-0.39, 0.29) is 17.7 Å². The van der Waals surface area contributed by atoms with Crippen LogP contribution in [-0.4, -0.2) is 50.1 Å². The minimum absolute atomic E-state index is 0.0944. The van der Waals surface area contributed by atoms with Gasteiger partial charge in [0.2, 0.25) is 5.91 Å². The predicted octanol–water partition coefficient (Wildman–Crippen LogP) is 0.535. The normalized spacial score (nSPS) is 12.2. The van der Waals surface area contributed by atoms with Gasteiger partial charge in [-0.15, -0.1) is 0 Å². The number of rotatable bonds is 10. The quantitative estimate of drug-likeness (QED) is 0.470. The third kappa shape index (κ3) is 8.15. The maximum absolute atomic E-state index is 11.9. The van der Waals surface area contributed by atoms with Crippen molar-refractivity contribution in [3.63, 3.8) is 0 Å². The largest absolute Gasteiger partial charge is 0.550 e. The van der Waals surface area contributed by atoms with E-state index in [0.29, 0.717) is 13.0 Å². The van der Waals surface area contributed by atoms with Gasteiger partial charge in [-0.2, -0.15) is 0 Å². The average Bonchev–Trinajstić information content (AvgIpc) is 2.34. The SMILES string of the molecule is CCC(C)(C)C(=O)NCC[N+](C)(C)CCCCC(=O)[O-]. The molecule has 0 aromatic heterocycles. The molecule has 0 unspecified atom stereocenters. The molecule has 0 aliphatic rings. The Labute approximate surface area is 122 Å². The Hall–Kier alpha value is -1.10. The summed E-state index contributed by atoms with van der Waals surface area (Å²) < 4.78 is 0.778. The van der Waals surface area contributed by atoms with Gasteiger partial charge in [0.15, 0.2) is 0 Å². The van der Waals surface area contributed by atoms with E-state index in [4.69, 9.17) is 0 Å². The number of amides is 1. The molecule has 1 N–H and O–H groups in total. The van der Waals surface area contributed by atoms with Crippen LogP contribution in [0.3, 0.4) is 0 Å². The van der Waals surface area contributed by atoms with Gasteiger partial charge in [0.05, 0.1) is 33.7 Å². The molecule has 0 spiro atoms. The Kier molecular flexibility index (Phi) is 7.79. The van der Waals surface area contributed by atoms with E-state index in [9.17, 15) is 14.7 Å². The molecular weight excluding hydrogens is 256 g/mol. The zero-order chi connectivity index (χ0) is 15.8. The average molecular weight is 286 g/mol. The minimum Gasteiger partial charge on any atom is -0.550 e. The Morgan fingerprint density at radius 2 is 1.75 bits per heavy atom. The van der Waals surface area contributed by atoms with Gasteiger partial charge in [-0.1, -0.05) is 20.8 Å². The molecule has 0 aliphatic heterocycles. The van der Waals surface area contributed by atoms with E-state index in [1.807, 2.05) is 20.8 Å². The van der Waals surface area contributed by atoms with Crippen molar-refractivity contribution in [1.82, 2.24) is 5.32 Å². The first-order valence-electron chi connectivity index (χ1n) is 7.41. The van der Waals surface area contributed by atoms with Crippen LogP contribution in [0.25, 0.3) is 0 Å². The molecule has 0 aliphatic carbocycles. The van der Waals surface area contributed by atoms with Crippen LogP contribution in [0, 0.1) is 5.41 Å². The van der Waals surface area contributed by atoms with Gasteiger partial charge in [-0.25, -0.2) is 0 Å². The lowest BCUT2D eigenvalue weighted by Gasteiger charge is -2.30. The smallest absolute Gasteiger partial charge is 0.225 e. The summed E-state index contributed by atoms with van der Waals surface area (Å²) in [6.07, 6.45) is 2.45. The van der Waals surface area contributed by atoms with E-state index in [1.54, 1.807) is 0 Å². The van der Waals surface area contributed by atoms with Crippen LogP contribution in [0.15, 0.2) is 0 Å². The lowest BCUT2D eigenvalue weighted by atomic mass is 9.89. The Balaban J connectivity index is 3.93. The summed E-state index contributed by atoms with van der Waals surface area (Å²) in [5, 5.41) is 13.3. The molecule has 0 aromatic carbocycles. The molecule has 0 aromatic rings. The van der Waals surface area contributed by atoms with Crippen LogP contribution in [0.4, 0.5) is 0 Å². The first-order valence-corrected chi connectivity index (χ1v) is 7.41. The molecule has 20 heavy (non-hydrogen) atoms. The number of quaternary nitrogens is 1. The number of aliphatic carboxylic acids is 1. The number of hydrogen-bond acceptors (Lipinski definition) is 3. The number of carbonyl (C=O) groups is 2. The number of unbranched alkanes of at least 4 members (excludes halogenated alkanes) is 1. The van der Waals surface area contributed by atoms with Crippen molar-refractivity contribution in [1.29, 1.82) is 0 Å². The number of likely N-dealkylation sites (N-methyl/N-ethyl adjacent to an activating group) is 1. The maximum Gasteiger partial charge on any atom is 0.225 e. The van der Waals surface area contributed by atoms with Gasteiger partial charge in [-0.3, -0.25) is 4.79 Å².